The van der Waals surface area contributed by atoms with Gasteiger partial charge in [-0.2, -0.15) is 17.2 Å². The summed E-state index contributed by atoms with van der Waals surface area (Å²) < 4.78 is 97.7. The molecule has 5 nitrogen and oxygen atoms in total. The third-order valence-corrected chi connectivity index (χ3v) is 5.64. The summed E-state index contributed by atoms with van der Waals surface area (Å²) in [7, 11) is -5.51. The van der Waals surface area contributed by atoms with Crippen LogP contribution in [0.4, 0.5) is 17.6 Å². The first-order chi connectivity index (χ1) is 14.1. The van der Waals surface area contributed by atoms with Gasteiger partial charge in [0.2, 0.25) is 11.6 Å². The average Bonchev–Trinajstić information content (AvgIpc) is 2.70. The number of ether oxygens (including phenoxy) is 2. The zero-order valence-corrected chi connectivity index (χ0v) is 16.4. The second-order valence-electron chi connectivity index (χ2n) is 6.80. The third-order valence-electron chi connectivity index (χ3n) is 4.77. The van der Waals surface area contributed by atoms with Gasteiger partial charge in [0.05, 0.1) is 12.2 Å². The zero-order valence-electron chi connectivity index (χ0n) is 15.6. The van der Waals surface area contributed by atoms with Gasteiger partial charge in [-0.25, -0.2) is 8.78 Å². The Hall–Kier alpha value is -2.59. The number of hydrogen-bond acceptors (Lipinski definition) is 4. The Labute approximate surface area is 170 Å². The molecular formula is C20H18F4O5S. The Morgan fingerprint density at radius 2 is 1.33 bits per heavy atom. The Bertz CT molecular complexity index is 1020. The molecule has 1 aliphatic rings. The summed E-state index contributed by atoms with van der Waals surface area (Å²) in [6.07, 6.45) is 2.27. The molecule has 0 aromatic heterocycles. The lowest BCUT2D eigenvalue weighted by Gasteiger charge is -2.29. The quantitative estimate of drug-likeness (QED) is 0.388. The van der Waals surface area contributed by atoms with Crippen LogP contribution in [0.1, 0.15) is 31.2 Å². The molecule has 0 heterocycles. The molecule has 3 rings (SSSR count). The lowest BCUT2D eigenvalue weighted by Crippen LogP contribution is -2.30. The fraction of sp³-hybridized carbons (Fsp3) is 0.300. The van der Waals surface area contributed by atoms with E-state index < -0.39 is 50.1 Å². The fourth-order valence-corrected chi connectivity index (χ4v) is 3.86. The van der Waals surface area contributed by atoms with Gasteiger partial charge in [-0.05, 0) is 43.4 Å². The lowest BCUT2D eigenvalue weighted by atomic mass is 9.95. The molecule has 2 aromatic carbocycles. The summed E-state index contributed by atoms with van der Waals surface area (Å²) in [4.78, 5) is -2.09. The molecule has 1 fully saturated rings. The zero-order chi connectivity index (χ0) is 22.1. The van der Waals surface area contributed by atoms with Crippen LogP contribution in [0.25, 0.3) is 6.08 Å². The number of hydrogen-bond donors (Lipinski definition) is 1. The van der Waals surface area contributed by atoms with Crippen molar-refractivity contribution in [2.75, 3.05) is 0 Å². The third kappa shape index (κ3) is 4.59. The highest BCUT2D eigenvalue weighted by atomic mass is 32.2. The first-order valence-corrected chi connectivity index (χ1v) is 10.4. The minimum absolute atomic E-state index is 0.176. The van der Waals surface area contributed by atoms with Gasteiger partial charge in [0.1, 0.15) is 5.75 Å². The molecular weight excluding hydrogens is 428 g/mol. The van der Waals surface area contributed by atoms with Crippen molar-refractivity contribution in [3.8, 4) is 11.5 Å². The van der Waals surface area contributed by atoms with E-state index in [2.05, 4.69) is 6.58 Å². The van der Waals surface area contributed by atoms with Crippen LogP contribution >= 0.6 is 0 Å². The first-order valence-electron chi connectivity index (χ1n) is 9.01. The highest BCUT2D eigenvalue weighted by Gasteiger charge is 2.34. The van der Waals surface area contributed by atoms with Crippen LogP contribution in [0.15, 0.2) is 35.7 Å². The van der Waals surface area contributed by atoms with Crippen LogP contribution in [0, 0.1) is 23.3 Å². The molecule has 0 unspecified atom stereocenters. The van der Waals surface area contributed by atoms with Gasteiger partial charge in [-0.1, -0.05) is 24.8 Å². The van der Waals surface area contributed by atoms with E-state index in [1.807, 2.05) is 12.1 Å². The molecule has 0 saturated heterocycles. The van der Waals surface area contributed by atoms with Gasteiger partial charge in [0.15, 0.2) is 22.3 Å². The Kier molecular flexibility index (Phi) is 6.37. The molecule has 2 aromatic rings. The maximum Gasteiger partial charge on any atom is 0.300 e. The monoisotopic (exact) mass is 446 g/mol. The van der Waals surface area contributed by atoms with E-state index in [0.29, 0.717) is 18.6 Å². The van der Waals surface area contributed by atoms with Crippen LogP contribution in [-0.2, 0) is 10.1 Å². The summed E-state index contributed by atoms with van der Waals surface area (Å²) >= 11 is 0. The van der Waals surface area contributed by atoms with Crippen molar-refractivity contribution in [3.05, 3.63) is 59.7 Å². The van der Waals surface area contributed by atoms with Crippen LogP contribution in [-0.4, -0.2) is 25.2 Å². The van der Waals surface area contributed by atoms with Crippen LogP contribution < -0.4 is 9.47 Å². The molecule has 0 atom stereocenters. The smallest absolute Gasteiger partial charge is 0.300 e. The van der Waals surface area contributed by atoms with Crippen molar-refractivity contribution < 1.29 is 40.0 Å². The minimum atomic E-state index is -5.51. The molecule has 162 valence electrons. The standard InChI is InChI=1S/C20H18F4O5S/c1-2-11-3-5-12(6-4-11)28-13-7-9-14(10-8-13)29-19-15(21)17(23)20(30(25,26)27)18(24)16(19)22/h2-6,13-14H,1,7-10H2,(H,25,26,27). The number of benzene rings is 2. The average molecular weight is 446 g/mol. The molecule has 0 amide bonds. The van der Waals surface area contributed by atoms with Crippen molar-refractivity contribution in [1.29, 1.82) is 0 Å². The Balaban J connectivity index is 1.68. The number of halogens is 4. The molecule has 0 radical (unpaired) electrons. The maximum atomic E-state index is 14.1. The van der Waals surface area contributed by atoms with Crippen molar-refractivity contribution >= 4 is 16.2 Å². The Morgan fingerprint density at radius 3 is 1.77 bits per heavy atom. The van der Waals surface area contributed by atoms with Gasteiger partial charge in [0.25, 0.3) is 0 Å². The highest BCUT2D eigenvalue weighted by molar-refractivity contribution is 7.85. The topological polar surface area (TPSA) is 72.8 Å². The van der Waals surface area contributed by atoms with Crippen LogP contribution in [0.5, 0.6) is 11.5 Å². The second kappa shape index (κ2) is 8.65. The van der Waals surface area contributed by atoms with E-state index in [1.54, 1.807) is 18.2 Å². The van der Waals surface area contributed by atoms with Crippen molar-refractivity contribution in [2.24, 2.45) is 0 Å². The van der Waals surface area contributed by atoms with Gasteiger partial charge in [0, 0.05) is 0 Å². The second-order valence-corrected chi connectivity index (χ2v) is 8.16. The molecule has 1 saturated carbocycles. The van der Waals surface area contributed by atoms with E-state index >= 15 is 0 Å². The predicted molar refractivity (Wildman–Crippen MR) is 99.9 cm³/mol. The molecule has 10 heteroatoms. The maximum absolute atomic E-state index is 14.1. The summed E-state index contributed by atoms with van der Waals surface area (Å²) in [5.41, 5.74) is 0.933. The summed E-state index contributed by atoms with van der Waals surface area (Å²) in [5.74, 6) is -9.25. The lowest BCUT2D eigenvalue weighted by molar-refractivity contribution is 0.0742. The van der Waals surface area contributed by atoms with Crippen molar-refractivity contribution in [1.82, 2.24) is 0 Å². The molecule has 30 heavy (non-hydrogen) atoms. The van der Waals surface area contributed by atoms with Crippen molar-refractivity contribution in [2.45, 2.75) is 42.8 Å². The van der Waals surface area contributed by atoms with E-state index in [1.165, 1.54) is 0 Å². The molecule has 0 spiro atoms. The first kappa shape index (κ1) is 22.1. The summed E-state index contributed by atoms with van der Waals surface area (Å²) in [6.45, 7) is 3.66. The summed E-state index contributed by atoms with van der Waals surface area (Å²) in [6, 6.07) is 7.24. The normalized spacial score (nSPS) is 19.4. The van der Waals surface area contributed by atoms with Gasteiger partial charge >= 0.3 is 10.1 Å². The van der Waals surface area contributed by atoms with Crippen LogP contribution in [0.2, 0.25) is 0 Å². The highest BCUT2D eigenvalue weighted by Crippen LogP contribution is 2.35. The minimum Gasteiger partial charge on any atom is -0.490 e. The molecule has 1 N–H and O–H groups in total. The van der Waals surface area contributed by atoms with Crippen LogP contribution in [0.3, 0.4) is 0 Å². The molecule has 0 bridgehead atoms. The molecule has 1 aliphatic carbocycles. The Morgan fingerprint density at radius 1 is 0.867 bits per heavy atom. The van der Waals surface area contributed by atoms with Crippen molar-refractivity contribution in [3.63, 3.8) is 0 Å². The summed E-state index contributed by atoms with van der Waals surface area (Å²) in [5, 5.41) is 0. The predicted octanol–water partition coefficient (Wildman–Crippen LogP) is 4.90. The van der Waals surface area contributed by atoms with Gasteiger partial charge in [-0.3, -0.25) is 4.55 Å². The molecule has 0 aliphatic heterocycles. The van der Waals surface area contributed by atoms with E-state index in [4.69, 9.17) is 14.0 Å². The van der Waals surface area contributed by atoms with E-state index in [9.17, 15) is 26.0 Å². The van der Waals surface area contributed by atoms with Gasteiger partial charge in [-0.15, -0.1) is 0 Å². The van der Waals surface area contributed by atoms with Gasteiger partial charge < -0.3 is 9.47 Å². The van der Waals surface area contributed by atoms with E-state index in [0.717, 1.165) is 5.56 Å². The fourth-order valence-electron chi connectivity index (χ4n) is 3.23. The number of rotatable bonds is 6. The largest absolute Gasteiger partial charge is 0.490 e. The van der Waals surface area contributed by atoms with E-state index in [-0.39, 0.29) is 18.9 Å². The SMILES string of the molecule is C=Cc1ccc(OC2CCC(Oc3c(F)c(F)c(S(=O)(=O)O)c(F)c3F)CC2)cc1.